The average Bonchev–Trinajstić information content (AvgIpc) is 2.63. The molecule has 1 heterocycles. The summed E-state index contributed by atoms with van der Waals surface area (Å²) in [5, 5.41) is 4.21. The van der Waals surface area contributed by atoms with Crippen LogP contribution in [-0.2, 0) is 4.74 Å². The van der Waals surface area contributed by atoms with Crippen LogP contribution in [0.25, 0.3) is 10.9 Å². The van der Waals surface area contributed by atoms with Crippen LogP contribution in [0.5, 0.6) is 5.75 Å². The molecule has 6 heteroatoms. The highest BCUT2D eigenvalue weighted by atomic mass is 35.5. The SMILES string of the molecule is CCOC(=O)c1cnc2cc(OC)ccc2c1Nc1ccccc1C.Cl. The van der Waals surface area contributed by atoms with Crippen molar-refractivity contribution in [3.8, 4) is 5.75 Å². The maximum Gasteiger partial charge on any atom is 0.341 e. The van der Waals surface area contributed by atoms with Gasteiger partial charge < -0.3 is 14.8 Å². The number of carbonyl (C=O) groups is 1. The van der Waals surface area contributed by atoms with Gasteiger partial charge in [0.05, 0.1) is 24.9 Å². The summed E-state index contributed by atoms with van der Waals surface area (Å²) in [6, 6.07) is 13.5. The first-order valence-electron chi connectivity index (χ1n) is 8.10. The highest BCUT2D eigenvalue weighted by Crippen LogP contribution is 2.32. The number of esters is 1. The maximum absolute atomic E-state index is 12.4. The fraction of sp³-hybridized carbons (Fsp3) is 0.200. The molecule has 0 amide bonds. The lowest BCUT2D eigenvalue weighted by molar-refractivity contribution is 0.0527. The topological polar surface area (TPSA) is 60.5 Å². The Morgan fingerprint density at radius 1 is 1.19 bits per heavy atom. The van der Waals surface area contributed by atoms with Crippen LogP contribution < -0.4 is 10.1 Å². The molecule has 0 atom stereocenters. The van der Waals surface area contributed by atoms with Gasteiger partial charge in [0.25, 0.3) is 0 Å². The van der Waals surface area contributed by atoms with Crippen molar-refractivity contribution in [1.29, 1.82) is 0 Å². The molecule has 1 aromatic heterocycles. The van der Waals surface area contributed by atoms with E-state index in [0.29, 0.717) is 23.6 Å². The van der Waals surface area contributed by atoms with Crippen molar-refractivity contribution in [3.63, 3.8) is 0 Å². The largest absolute Gasteiger partial charge is 0.497 e. The standard InChI is InChI=1S/C20H20N2O3.ClH/c1-4-25-20(23)16-12-21-18-11-14(24-3)9-10-15(18)19(16)22-17-8-6-5-7-13(17)2;/h5-12H,4H2,1-3H3,(H,21,22);1H. The van der Waals surface area contributed by atoms with E-state index in [1.807, 2.05) is 49.4 Å². The molecule has 0 spiro atoms. The lowest BCUT2D eigenvalue weighted by Gasteiger charge is -2.16. The number of benzene rings is 2. The molecule has 0 aliphatic carbocycles. The van der Waals surface area contributed by atoms with Gasteiger partial charge in [-0.1, -0.05) is 18.2 Å². The minimum atomic E-state index is -0.399. The predicted octanol–water partition coefficient (Wildman–Crippen LogP) is 4.89. The summed E-state index contributed by atoms with van der Waals surface area (Å²) in [7, 11) is 1.61. The quantitative estimate of drug-likeness (QED) is 0.646. The van der Waals surface area contributed by atoms with Gasteiger partial charge in [-0.3, -0.25) is 4.98 Å². The molecule has 3 rings (SSSR count). The van der Waals surface area contributed by atoms with Gasteiger partial charge >= 0.3 is 5.97 Å². The van der Waals surface area contributed by atoms with E-state index in [2.05, 4.69) is 10.3 Å². The molecule has 2 aromatic carbocycles. The molecular weight excluding hydrogens is 352 g/mol. The van der Waals surface area contributed by atoms with Gasteiger partial charge in [-0.25, -0.2) is 4.79 Å². The number of hydrogen-bond acceptors (Lipinski definition) is 5. The van der Waals surface area contributed by atoms with Gasteiger partial charge in [0.1, 0.15) is 11.3 Å². The minimum absolute atomic E-state index is 0. The minimum Gasteiger partial charge on any atom is -0.497 e. The van der Waals surface area contributed by atoms with Crippen LogP contribution in [0.1, 0.15) is 22.8 Å². The third-order valence-electron chi connectivity index (χ3n) is 3.98. The van der Waals surface area contributed by atoms with Crippen molar-refractivity contribution >= 4 is 40.7 Å². The van der Waals surface area contributed by atoms with Crippen LogP contribution in [0.15, 0.2) is 48.7 Å². The summed E-state index contributed by atoms with van der Waals surface area (Å²) < 4.78 is 10.5. The monoisotopic (exact) mass is 372 g/mol. The fourth-order valence-electron chi connectivity index (χ4n) is 2.65. The Morgan fingerprint density at radius 3 is 2.65 bits per heavy atom. The Kier molecular flexibility index (Phi) is 6.41. The van der Waals surface area contributed by atoms with E-state index < -0.39 is 5.97 Å². The fourth-order valence-corrected chi connectivity index (χ4v) is 2.65. The van der Waals surface area contributed by atoms with Crippen LogP contribution in [0.3, 0.4) is 0 Å². The number of para-hydroxylation sites is 1. The molecule has 0 saturated carbocycles. The molecule has 0 unspecified atom stereocenters. The molecule has 0 fully saturated rings. The van der Waals surface area contributed by atoms with Crippen molar-refractivity contribution < 1.29 is 14.3 Å². The van der Waals surface area contributed by atoms with E-state index in [0.717, 1.165) is 22.2 Å². The summed E-state index contributed by atoms with van der Waals surface area (Å²) in [5.74, 6) is 0.314. The number of carbonyl (C=O) groups excluding carboxylic acids is 1. The Labute approximate surface area is 158 Å². The van der Waals surface area contributed by atoms with E-state index in [1.54, 1.807) is 20.2 Å². The van der Waals surface area contributed by atoms with Crippen molar-refractivity contribution in [3.05, 3.63) is 59.8 Å². The number of aromatic nitrogens is 1. The number of halogens is 1. The summed E-state index contributed by atoms with van der Waals surface area (Å²) in [6.07, 6.45) is 1.54. The van der Waals surface area contributed by atoms with Gasteiger partial charge in [0, 0.05) is 23.3 Å². The summed E-state index contributed by atoms with van der Waals surface area (Å²) in [4.78, 5) is 16.8. The molecule has 0 bridgehead atoms. The van der Waals surface area contributed by atoms with Gasteiger partial charge in [-0.2, -0.15) is 0 Å². The predicted molar refractivity (Wildman–Crippen MR) is 106 cm³/mol. The summed E-state index contributed by atoms with van der Waals surface area (Å²) in [5.41, 5.74) is 3.83. The number of nitrogens with zero attached hydrogens (tertiary/aromatic N) is 1. The maximum atomic E-state index is 12.4. The van der Waals surface area contributed by atoms with Crippen molar-refractivity contribution in [2.24, 2.45) is 0 Å². The zero-order valence-corrected chi connectivity index (χ0v) is 15.7. The molecular formula is C20H21ClN2O3. The highest BCUT2D eigenvalue weighted by Gasteiger charge is 2.17. The summed E-state index contributed by atoms with van der Waals surface area (Å²) >= 11 is 0. The van der Waals surface area contributed by atoms with Gasteiger partial charge in [-0.15, -0.1) is 12.4 Å². The molecule has 3 aromatic rings. The molecule has 1 N–H and O–H groups in total. The molecule has 0 aliphatic rings. The Balaban J connectivity index is 0.00000243. The van der Waals surface area contributed by atoms with Crippen LogP contribution in [0, 0.1) is 6.92 Å². The lowest BCUT2D eigenvalue weighted by Crippen LogP contribution is -2.09. The summed E-state index contributed by atoms with van der Waals surface area (Å²) in [6.45, 7) is 4.10. The van der Waals surface area contributed by atoms with E-state index >= 15 is 0 Å². The zero-order valence-electron chi connectivity index (χ0n) is 14.9. The van der Waals surface area contributed by atoms with Gasteiger partial charge in [-0.05, 0) is 37.6 Å². The smallest absolute Gasteiger partial charge is 0.341 e. The number of aryl methyl sites for hydroxylation is 1. The number of pyridine rings is 1. The molecule has 5 nitrogen and oxygen atoms in total. The zero-order chi connectivity index (χ0) is 17.8. The Morgan fingerprint density at radius 2 is 1.96 bits per heavy atom. The van der Waals surface area contributed by atoms with E-state index in [1.165, 1.54) is 0 Å². The molecule has 0 aliphatic heterocycles. The van der Waals surface area contributed by atoms with Crippen molar-refractivity contribution in [2.45, 2.75) is 13.8 Å². The van der Waals surface area contributed by atoms with Crippen molar-refractivity contribution in [2.75, 3.05) is 19.0 Å². The first kappa shape index (κ1) is 19.5. The van der Waals surface area contributed by atoms with E-state index in [-0.39, 0.29) is 12.4 Å². The first-order chi connectivity index (χ1) is 12.1. The number of methoxy groups -OCH3 is 1. The van der Waals surface area contributed by atoms with Crippen molar-refractivity contribution in [1.82, 2.24) is 4.98 Å². The van der Waals surface area contributed by atoms with Crippen LogP contribution in [-0.4, -0.2) is 24.7 Å². The van der Waals surface area contributed by atoms with Crippen LogP contribution in [0.2, 0.25) is 0 Å². The number of hydrogen-bond donors (Lipinski definition) is 1. The van der Waals surface area contributed by atoms with Crippen LogP contribution >= 0.6 is 12.4 Å². The number of anilines is 2. The normalized spacial score (nSPS) is 10.1. The first-order valence-corrected chi connectivity index (χ1v) is 8.10. The Bertz CT molecular complexity index is 928. The average molecular weight is 373 g/mol. The van der Waals surface area contributed by atoms with Crippen LogP contribution in [0.4, 0.5) is 11.4 Å². The third-order valence-corrected chi connectivity index (χ3v) is 3.98. The second-order valence-corrected chi connectivity index (χ2v) is 5.59. The second kappa shape index (κ2) is 8.54. The number of rotatable bonds is 5. The van der Waals surface area contributed by atoms with E-state index in [9.17, 15) is 4.79 Å². The highest BCUT2D eigenvalue weighted by molar-refractivity contribution is 6.06. The molecule has 0 radical (unpaired) electrons. The van der Waals surface area contributed by atoms with E-state index in [4.69, 9.17) is 9.47 Å². The Hall–Kier alpha value is -2.79. The van der Waals surface area contributed by atoms with Gasteiger partial charge in [0.2, 0.25) is 0 Å². The molecule has 0 saturated heterocycles. The molecule has 26 heavy (non-hydrogen) atoms. The second-order valence-electron chi connectivity index (χ2n) is 5.59. The number of fused-ring (bicyclic) bond motifs is 1. The van der Waals surface area contributed by atoms with Gasteiger partial charge in [0.15, 0.2) is 0 Å². The lowest BCUT2D eigenvalue weighted by atomic mass is 10.1. The number of nitrogens with one attached hydrogen (secondary N) is 1. The molecule has 136 valence electrons. The number of ether oxygens (including phenoxy) is 2. The third kappa shape index (κ3) is 3.89.